The van der Waals surface area contributed by atoms with E-state index in [9.17, 15) is 14.4 Å². The molecule has 2 heterocycles. The molecule has 2 aromatic carbocycles. The van der Waals surface area contributed by atoms with Crippen LogP contribution in [0.3, 0.4) is 0 Å². The van der Waals surface area contributed by atoms with Crippen LogP contribution in [0.25, 0.3) is 6.08 Å². The van der Waals surface area contributed by atoms with Crippen LogP contribution >= 0.6 is 22.9 Å². The maximum Gasteiger partial charge on any atom is 0.338 e. The van der Waals surface area contributed by atoms with E-state index in [2.05, 4.69) is 4.99 Å². The summed E-state index contributed by atoms with van der Waals surface area (Å²) in [6.07, 6.45) is 1.71. The number of halogens is 1. The molecule has 4 rings (SSSR count). The van der Waals surface area contributed by atoms with Gasteiger partial charge in [0.15, 0.2) is 16.3 Å². The number of aromatic nitrogens is 1. The van der Waals surface area contributed by atoms with Gasteiger partial charge in [0, 0.05) is 11.9 Å². The summed E-state index contributed by atoms with van der Waals surface area (Å²) in [6.45, 7) is 5.22. The van der Waals surface area contributed by atoms with Gasteiger partial charge in [-0.15, -0.1) is 0 Å². The van der Waals surface area contributed by atoms with Crippen LogP contribution in [-0.4, -0.2) is 30.2 Å². The van der Waals surface area contributed by atoms with E-state index in [0.29, 0.717) is 49.3 Å². The van der Waals surface area contributed by atoms with Gasteiger partial charge in [0.2, 0.25) is 0 Å². The van der Waals surface area contributed by atoms with Crippen molar-refractivity contribution in [2.45, 2.75) is 26.8 Å². The molecule has 0 amide bonds. The third-order valence-electron chi connectivity index (χ3n) is 5.43. The second-order valence-electron chi connectivity index (χ2n) is 7.86. The van der Waals surface area contributed by atoms with E-state index in [0.717, 1.165) is 0 Å². The molecule has 1 aliphatic rings. The monoisotopic (exact) mass is 526 g/mol. The van der Waals surface area contributed by atoms with E-state index in [1.54, 1.807) is 55.5 Å². The number of carbonyl (C=O) groups excluding carboxylic acids is 2. The molecular weight excluding hydrogens is 504 g/mol. The zero-order valence-corrected chi connectivity index (χ0v) is 21.6. The van der Waals surface area contributed by atoms with Gasteiger partial charge in [-0.2, -0.15) is 0 Å². The molecule has 0 spiro atoms. The van der Waals surface area contributed by atoms with Crippen LogP contribution in [0.1, 0.15) is 37.9 Å². The normalized spacial score (nSPS) is 15.2. The predicted octanol–water partition coefficient (Wildman–Crippen LogP) is 3.39. The van der Waals surface area contributed by atoms with Crippen LogP contribution < -0.4 is 24.4 Å². The van der Waals surface area contributed by atoms with Crippen molar-refractivity contribution in [3.8, 4) is 11.5 Å². The maximum absolute atomic E-state index is 13.6. The Kier molecular flexibility index (Phi) is 7.42. The summed E-state index contributed by atoms with van der Waals surface area (Å²) in [5.74, 6) is -0.343. The highest BCUT2D eigenvalue weighted by Gasteiger charge is 2.33. The number of hydrogen-bond acceptors (Lipinski definition) is 8. The summed E-state index contributed by atoms with van der Waals surface area (Å²) in [5.41, 5.74) is 1.81. The van der Waals surface area contributed by atoms with E-state index in [1.807, 2.05) is 6.92 Å². The molecular formula is C26H23ClN2O6S. The number of esters is 2. The molecule has 0 radical (unpaired) electrons. The molecule has 3 aromatic rings. The van der Waals surface area contributed by atoms with E-state index >= 15 is 0 Å². The summed E-state index contributed by atoms with van der Waals surface area (Å²) in [7, 11) is 1.29. The highest BCUT2D eigenvalue weighted by atomic mass is 35.5. The lowest BCUT2D eigenvalue weighted by Crippen LogP contribution is -2.39. The SMILES string of the molecule is CCOc1cc(/C=c2/sc3n(c2=O)[C@@H](c2ccc(Cl)cc2)C(C(=O)OC)=C(C)N=3)ccc1OC(C)=O. The molecule has 0 saturated heterocycles. The first-order valence-electron chi connectivity index (χ1n) is 11.0. The first kappa shape index (κ1) is 25.4. The molecule has 1 aromatic heterocycles. The highest BCUT2D eigenvalue weighted by molar-refractivity contribution is 7.07. The van der Waals surface area contributed by atoms with Crippen molar-refractivity contribution in [3.05, 3.63) is 89.6 Å². The second-order valence-corrected chi connectivity index (χ2v) is 9.30. The van der Waals surface area contributed by atoms with Gasteiger partial charge in [0.25, 0.3) is 5.56 Å². The van der Waals surface area contributed by atoms with Crippen LogP contribution in [0.4, 0.5) is 0 Å². The summed E-state index contributed by atoms with van der Waals surface area (Å²) >= 11 is 7.28. The van der Waals surface area contributed by atoms with Crippen molar-refractivity contribution in [1.29, 1.82) is 0 Å². The Bertz CT molecular complexity index is 1550. The minimum Gasteiger partial charge on any atom is -0.490 e. The Morgan fingerprint density at radius 2 is 1.89 bits per heavy atom. The number of thiazole rings is 1. The lowest BCUT2D eigenvalue weighted by Gasteiger charge is -2.24. The molecule has 36 heavy (non-hydrogen) atoms. The van der Waals surface area contributed by atoms with Crippen LogP contribution in [0.2, 0.25) is 5.02 Å². The minimum atomic E-state index is -0.724. The number of fused-ring (bicyclic) bond motifs is 1. The van der Waals surface area contributed by atoms with Crippen LogP contribution in [0.15, 0.2) is 63.5 Å². The van der Waals surface area contributed by atoms with Crippen molar-refractivity contribution in [3.63, 3.8) is 0 Å². The molecule has 0 bridgehead atoms. The molecule has 8 nitrogen and oxygen atoms in total. The first-order chi connectivity index (χ1) is 17.2. The van der Waals surface area contributed by atoms with Crippen molar-refractivity contribution < 1.29 is 23.8 Å². The van der Waals surface area contributed by atoms with E-state index in [-0.39, 0.29) is 11.1 Å². The zero-order chi connectivity index (χ0) is 26.0. The summed E-state index contributed by atoms with van der Waals surface area (Å²) < 4.78 is 17.7. The van der Waals surface area contributed by atoms with Crippen LogP contribution in [-0.2, 0) is 14.3 Å². The number of hydrogen-bond donors (Lipinski definition) is 0. The molecule has 0 saturated carbocycles. The van der Waals surface area contributed by atoms with Crippen molar-refractivity contribution in [2.75, 3.05) is 13.7 Å². The molecule has 10 heteroatoms. The Balaban J connectivity index is 1.89. The standard InChI is InChI=1S/C26H23ClN2O6S/c1-5-34-20-12-16(6-11-19(20)35-15(3)30)13-21-24(31)29-23(17-7-9-18(27)10-8-17)22(25(32)33-4)14(2)28-26(29)36-21/h6-13,23H,5H2,1-4H3/b21-13+/t23-/m0/s1. The molecule has 1 atom stereocenters. The first-order valence-corrected chi connectivity index (χ1v) is 12.2. The van der Waals surface area contributed by atoms with E-state index < -0.39 is 18.0 Å². The average molecular weight is 527 g/mol. The zero-order valence-electron chi connectivity index (χ0n) is 20.0. The fourth-order valence-electron chi connectivity index (χ4n) is 3.93. The number of rotatable bonds is 6. The quantitative estimate of drug-likeness (QED) is 0.361. The number of ether oxygens (including phenoxy) is 3. The van der Waals surface area contributed by atoms with Gasteiger partial charge in [0.05, 0.1) is 35.6 Å². The van der Waals surface area contributed by atoms with Gasteiger partial charge in [-0.1, -0.05) is 41.1 Å². The minimum absolute atomic E-state index is 0.281. The van der Waals surface area contributed by atoms with Gasteiger partial charge in [-0.3, -0.25) is 14.2 Å². The van der Waals surface area contributed by atoms with Gasteiger partial charge in [0.1, 0.15) is 0 Å². The van der Waals surface area contributed by atoms with Gasteiger partial charge >= 0.3 is 11.9 Å². The van der Waals surface area contributed by atoms with Crippen LogP contribution in [0.5, 0.6) is 11.5 Å². The molecule has 0 unspecified atom stereocenters. The van der Waals surface area contributed by atoms with Crippen LogP contribution in [0, 0.1) is 0 Å². The fraction of sp³-hybridized carbons (Fsp3) is 0.231. The fourth-order valence-corrected chi connectivity index (χ4v) is 5.10. The predicted molar refractivity (Wildman–Crippen MR) is 136 cm³/mol. The molecule has 0 N–H and O–H groups in total. The summed E-state index contributed by atoms with van der Waals surface area (Å²) in [5, 5.41) is 0.536. The highest BCUT2D eigenvalue weighted by Crippen LogP contribution is 2.31. The molecule has 0 fully saturated rings. The number of allylic oxidation sites excluding steroid dienone is 1. The second kappa shape index (κ2) is 10.5. The van der Waals surface area contributed by atoms with Crippen molar-refractivity contribution in [1.82, 2.24) is 4.57 Å². The Morgan fingerprint density at radius 1 is 1.17 bits per heavy atom. The van der Waals surface area contributed by atoms with E-state index in [4.69, 9.17) is 25.8 Å². The topological polar surface area (TPSA) is 96.2 Å². The smallest absolute Gasteiger partial charge is 0.338 e. The lowest BCUT2D eigenvalue weighted by molar-refractivity contribution is -0.136. The number of carbonyl (C=O) groups is 2. The third kappa shape index (κ3) is 4.98. The number of nitrogens with zero attached hydrogens (tertiary/aromatic N) is 2. The molecule has 0 aliphatic carbocycles. The number of methoxy groups -OCH3 is 1. The summed E-state index contributed by atoms with van der Waals surface area (Å²) in [6, 6.07) is 11.3. The molecule has 186 valence electrons. The van der Waals surface area contributed by atoms with Crippen molar-refractivity contribution in [2.24, 2.45) is 4.99 Å². The third-order valence-corrected chi connectivity index (χ3v) is 6.67. The van der Waals surface area contributed by atoms with Gasteiger partial charge in [-0.25, -0.2) is 9.79 Å². The Labute approximate surface area is 215 Å². The number of benzene rings is 2. The Morgan fingerprint density at radius 3 is 2.53 bits per heavy atom. The maximum atomic E-state index is 13.6. The molecule has 1 aliphatic heterocycles. The van der Waals surface area contributed by atoms with Gasteiger partial charge < -0.3 is 14.2 Å². The van der Waals surface area contributed by atoms with Crippen molar-refractivity contribution >= 4 is 41.0 Å². The largest absolute Gasteiger partial charge is 0.490 e. The Hall–Kier alpha value is -3.69. The average Bonchev–Trinajstić information content (AvgIpc) is 3.14. The lowest BCUT2D eigenvalue weighted by atomic mass is 9.96. The van der Waals surface area contributed by atoms with Gasteiger partial charge in [-0.05, 0) is 55.3 Å². The van der Waals surface area contributed by atoms with E-state index in [1.165, 1.54) is 29.9 Å². The summed E-state index contributed by atoms with van der Waals surface area (Å²) in [4.78, 5) is 42.8.